The summed E-state index contributed by atoms with van der Waals surface area (Å²) in [5, 5.41) is 5.31. The van der Waals surface area contributed by atoms with Gasteiger partial charge in [0.25, 0.3) is 0 Å². The molecule has 0 bridgehead atoms. The molecule has 0 aliphatic rings. The van der Waals surface area contributed by atoms with Crippen LogP contribution in [0, 0.1) is 0 Å². The molecule has 0 atom stereocenters. The average Bonchev–Trinajstić information content (AvgIpc) is 2.61. The Morgan fingerprint density at radius 3 is 2.38 bits per heavy atom. The number of alkyl halides is 3. The van der Waals surface area contributed by atoms with E-state index in [1.54, 1.807) is 18.2 Å². The van der Waals surface area contributed by atoms with Gasteiger partial charge in [-0.15, -0.1) is 0 Å². The van der Waals surface area contributed by atoms with Gasteiger partial charge in [-0.05, 0) is 24.3 Å². The number of rotatable bonds is 7. The quantitative estimate of drug-likeness (QED) is 0.770. The molecular formula is C18H19F3N2O3. The first kappa shape index (κ1) is 19.4. The van der Waals surface area contributed by atoms with Crippen molar-refractivity contribution in [2.24, 2.45) is 0 Å². The Morgan fingerprint density at radius 2 is 1.73 bits per heavy atom. The van der Waals surface area contributed by atoms with Gasteiger partial charge >= 0.3 is 6.18 Å². The average molecular weight is 368 g/mol. The fourth-order valence-electron chi connectivity index (χ4n) is 2.32. The van der Waals surface area contributed by atoms with Crippen molar-refractivity contribution in [1.82, 2.24) is 0 Å². The van der Waals surface area contributed by atoms with E-state index < -0.39 is 17.6 Å². The second-order valence-corrected chi connectivity index (χ2v) is 5.34. The van der Waals surface area contributed by atoms with Gasteiger partial charge < -0.3 is 20.1 Å². The monoisotopic (exact) mass is 368 g/mol. The highest BCUT2D eigenvalue weighted by atomic mass is 19.4. The molecule has 8 heteroatoms. The van der Waals surface area contributed by atoms with Crippen LogP contribution >= 0.6 is 0 Å². The number of anilines is 2. The van der Waals surface area contributed by atoms with Gasteiger partial charge in [0.2, 0.25) is 5.91 Å². The van der Waals surface area contributed by atoms with Crippen LogP contribution in [0.5, 0.6) is 11.5 Å². The molecule has 0 radical (unpaired) electrons. The van der Waals surface area contributed by atoms with Crippen molar-refractivity contribution in [2.45, 2.75) is 12.6 Å². The number of hydrogen-bond acceptors (Lipinski definition) is 4. The highest BCUT2D eigenvalue weighted by Gasteiger charge is 2.33. The van der Waals surface area contributed by atoms with Gasteiger partial charge in [-0.2, -0.15) is 13.2 Å². The third kappa shape index (κ3) is 5.05. The third-order valence-corrected chi connectivity index (χ3v) is 3.57. The molecule has 2 aromatic rings. The third-order valence-electron chi connectivity index (χ3n) is 3.57. The lowest BCUT2D eigenvalue weighted by Gasteiger charge is -2.14. The van der Waals surface area contributed by atoms with Gasteiger partial charge in [0.1, 0.15) is 0 Å². The van der Waals surface area contributed by atoms with Crippen molar-refractivity contribution in [1.29, 1.82) is 0 Å². The van der Waals surface area contributed by atoms with Crippen molar-refractivity contribution >= 4 is 17.3 Å². The number of carbonyl (C=O) groups excluding carboxylic acids is 1. The van der Waals surface area contributed by atoms with Crippen molar-refractivity contribution in [2.75, 3.05) is 31.4 Å². The number of carbonyl (C=O) groups is 1. The first-order valence-electron chi connectivity index (χ1n) is 7.77. The van der Waals surface area contributed by atoms with E-state index in [0.29, 0.717) is 17.2 Å². The lowest BCUT2D eigenvalue weighted by atomic mass is 10.1. The van der Waals surface area contributed by atoms with Crippen molar-refractivity contribution in [3.8, 4) is 11.5 Å². The number of hydrogen-bond donors (Lipinski definition) is 2. The number of halogens is 3. The van der Waals surface area contributed by atoms with Gasteiger partial charge in [0.15, 0.2) is 11.5 Å². The summed E-state index contributed by atoms with van der Waals surface area (Å²) in [4.78, 5) is 11.9. The molecule has 0 fully saturated rings. The Morgan fingerprint density at radius 1 is 1.04 bits per heavy atom. The summed E-state index contributed by atoms with van der Waals surface area (Å²) in [7, 11) is 3.03. The molecule has 2 rings (SSSR count). The number of nitrogens with one attached hydrogen (secondary N) is 2. The van der Waals surface area contributed by atoms with Gasteiger partial charge in [0, 0.05) is 24.7 Å². The smallest absolute Gasteiger partial charge is 0.418 e. The minimum Gasteiger partial charge on any atom is -0.493 e. The summed E-state index contributed by atoms with van der Waals surface area (Å²) in [6.45, 7) is 0.246. The SMILES string of the molecule is COc1ccc(NCCC(=O)Nc2ccccc2C(F)(F)F)cc1OC. The van der Waals surface area contributed by atoms with Gasteiger partial charge in [0.05, 0.1) is 25.5 Å². The van der Waals surface area contributed by atoms with Crippen LogP contribution in [0.2, 0.25) is 0 Å². The van der Waals surface area contributed by atoms with Crippen molar-refractivity contribution in [3.05, 3.63) is 48.0 Å². The molecule has 0 unspecified atom stereocenters. The lowest BCUT2D eigenvalue weighted by Crippen LogP contribution is -2.19. The van der Waals surface area contributed by atoms with Crippen LogP contribution in [0.1, 0.15) is 12.0 Å². The number of methoxy groups -OCH3 is 2. The maximum absolute atomic E-state index is 12.9. The molecule has 0 saturated carbocycles. The van der Waals surface area contributed by atoms with Crippen LogP contribution in [0.15, 0.2) is 42.5 Å². The molecule has 140 valence electrons. The minimum atomic E-state index is -4.53. The summed E-state index contributed by atoms with van der Waals surface area (Å²) >= 11 is 0. The van der Waals surface area contributed by atoms with Crippen molar-refractivity contribution in [3.63, 3.8) is 0 Å². The van der Waals surface area contributed by atoms with Crippen LogP contribution in [0.4, 0.5) is 24.5 Å². The van der Waals surface area contributed by atoms with Gasteiger partial charge in [-0.1, -0.05) is 12.1 Å². The van der Waals surface area contributed by atoms with E-state index in [2.05, 4.69) is 10.6 Å². The zero-order valence-corrected chi connectivity index (χ0v) is 14.3. The van der Waals surface area contributed by atoms with Crippen LogP contribution in [0.3, 0.4) is 0 Å². The molecule has 5 nitrogen and oxygen atoms in total. The molecular weight excluding hydrogens is 349 g/mol. The highest BCUT2D eigenvalue weighted by Crippen LogP contribution is 2.34. The zero-order chi connectivity index (χ0) is 19.2. The summed E-state index contributed by atoms with van der Waals surface area (Å²) in [5.41, 5.74) is -0.427. The molecule has 0 heterocycles. The first-order valence-corrected chi connectivity index (χ1v) is 7.77. The largest absolute Gasteiger partial charge is 0.493 e. The summed E-state index contributed by atoms with van der Waals surface area (Å²) < 4.78 is 49.1. The van der Waals surface area contributed by atoms with Crippen LogP contribution in [0.25, 0.3) is 0 Å². The molecule has 26 heavy (non-hydrogen) atoms. The number of ether oxygens (including phenoxy) is 2. The first-order chi connectivity index (χ1) is 12.3. The Bertz CT molecular complexity index is 764. The molecule has 2 aromatic carbocycles. The van der Waals surface area contributed by atoms with Gasteiger partial charge in [-0.3, -0.25) is 4.79 Å². The minimum absolute atomic E-state index is 0.000532. The molecule has 0 aliphatic heterocycles. The zero-order valence-electron chi connectivity index (χ0n) is 14.3. The fourth-order valence-corrected chi connectivity index (χ4v) is 2.32. The molecule has 2 N–H and O–H groups in total. The summed E-state index contributed by atoms with van der Waals surface area (Å²) in [6.07, 6.45) is -4.53. The molecule has 0 spiro atoms. The van der Waals surface area contributed by atoms with E-state index in [-0.39, 0.29) is 18.7 Å². The Balaban J connectivity index is 1.92. The summed E-state index contributed by atoms with van der Waals surface area (Å²) in [5.74, 6) is 0.579. The van der Waals surface area contributed by atoms with E-state index in [9.17, 15) is 18.0 Å². The van der Waals surface area contributed by atoms with Gasteiger partial charge in [-0.25, -0.2) is 0 Å². The van der Waals surface area contributed by atoms with Crippen LogP contribution in [-0.2, 0) is 11.0 Å². The maximum Gasteiger partial charge on any atom is 0.418 e. The fraction of sp³-hybridized carbons (Fsp3) is 0.278. The standard InChI is InChI=1S/C18H19F3N2O3/c1-25-15-8-7-12(11-16(15)26-2)22-10-9-17(24)23-14-6-4-3-5-13(14)18(19,20)21/h3-8,11,22H,9-10H2,1-2H3,(H,23,24). The molecule has 0 saturated heterocycles. The van der Waals surface area contributed by atoms with Crippen molar-refractivity contribution < 1.29 is 27.4 Å². The van der Waals surface area contributed by atoms with E-state index >= 15 is 0 Å². The second-order valence-electron chi connectivity index (χ2n) is 5.34. The molecule has 1 amide bonds. The molecule has 0 aromatic heterocycles. The maximum atomic E-state index is 12.9. The lowest BCUT2D eigenvalue weighted by molar-refractivity contribution is -0.137. The van der Waals surface area contributed by atoms with Crippen LogP contribution < -0.4 is 20.1 Å². The normalized spacial score (nSPS) is 11.0. The predicted molar refractivity (Wildman–Crippen MR) is 92.7 cm³/mol. The van der Waals surface area contributed by atoms with Crippen LogP contribution in [-0.4, -0.2) is 26.7 Å². The number of amides is 1. The Kier molecular flexibility index (Phi) is 6.32. The topological polar surface area (TPSA) is 59.6 Å². The van der Waals surface area contributed by atoms with E-state index in [4.69, 9.17) is 9.47 Å². The number of para-hydroxylation sites is 1. The van der Waals surface area contributed by atoms with E-state index in [1.165, 1.54) is 32.4 Å². The molecule has 0 aliphatic carbocycles. The number of benzene rings is 2. The highest BCUT2D eigenvalue weighted by molar-refractivity contribution is 5.91. The Labute approximate surface area is 149 Å². The van der Waals surface area contributed by atoms with E-state index in [0.717, 1.165) is 6.07 Å². The van der Waals surface area contributed by atoms with E-state index in [1.807, 2.05) is 0 Å². The second kappa shape index (κ2) is 8.46. The Hall–Kier alpha value is -2.90. The summed E-state index contributed by atoms with van der Waals surface area (Å²) in [6, 6.07) is 10.0. The predicted octanol–water partition coefficient (Wildman–Crippen LogP) is 4.16.